The van der Waals surface area contributed by atoms with Crippen LogP contribution in [-0.4, -0.2) is 27.0 Å². The highest BCUT2D eigenvalue weighted by molar-refractivity contribution is 7.90. The summed E-state index contributed by atoms with van der Waals surface area (Å²) in [6, 6.07) is 0. The van der Waals surface area contributed by atoms with E-state index in [0.29, 0.717) is 24.8 Å². The fraction of sp³-hybridized carbons (Fsp3) is 1.00. The lowest BCUT2D eigenvalue weighted by Gasteiger charge is -2.17. The molecule has 0 spiro atoms. The standard InChI is InChI=1S/C8H19NO2S/c1-7(2)8(6-9)4-5-12(3,10)11/h7-8H,4-6,9H2,1-3H3. The van der Waals surface area contributed by atoms with Crippen LogP contribution in [0.5, 0.6) is 0 Å². The molecule has 3 nitrogen and oxygen atoms in total. The molecular formula is C8H19NO2S. The summed E-state index contributed by atoms with van der Waals surface area (Å²) < 4.78 is 21.7. The van der Waals surface area contributed by atoms with Crippen LogP contribution < -0.4 is 5.73 Å². The summed E-state index contributed by atoms with van der Waals surface area (Å²) in [6.07, 6.45) is 1.95. The zero-order chi connectivity index (χ0) is 9.78. The highest BCUT2D eigenvalue weighted by atomic mass is 32.2. The van der Waals surface area contributed by atoms with Crippen LogP contribution in [0.25, 0.3) is 0 Å². The molecule has 1 unspecified atom stereocenters. The number of nitrogens with two attached hydrogens (primary N) is 1. The minimum atomic E-state index is -2.82. The first-order chi connectivity index (χ1) is 5.37. The van der Waals surface area contributed by atoms with Gasteiger partial charge in [-0.3, -0.25) is 0 Å². The summed E-state index contributed by atoms with van der Waals surface area (Å²) in [6.45, 7) is 4.72. The molecule has 0 aliphatic carbocycles. The van der Waals surface area contributed by atoms with E-state index in [1.165, 1.54) is 6.26 Å². The van der Waals surface area contributed by atoms with Crippen molar-refractivity contribution in [1.29, 1.82) is 0 Å². The van der Waals surface area contributed by atoms with Crippen molar-refractivity contribution in [3.63, 3.8) is 0 Å². The monoisotopic (exact) mass is 193 g/mol. The molecule has 0 amide bonds. The Kier molecular flexibility index (Phi) is 4.78. The quantitative estimate of drug-likeness (QED) is 0.697. The third kappa shape index (κ3) is 5.55. The molecule has 0 bridgehead atoms. The van der Waals surface area contributed by atoms with Crippen molar-refractivity contribution in [1.82, 2.24) is 0 Å². The van der Waals surface area contributed by atoms with E-state index in [2.05, 4.69) is 13.8 Å². The van der Waals surface area contributed by atoms with Gasteiger partial charge < -0.3 is 5.73 Å². The summed E-state index contributed by atoms with van der Waals surface area (Å²) in [5.41, 5.74) is 5.51. The van der Waals surface area contributed by atoms with Gasteiger partial charge in [-0.05, 0) is 24.8 Å². The molecule has 0 heterocycles. The first-order valence-corrected chi connectivity index (χ1v) is 6.30. The Bertz CT molecular complexity index is 209. The summed E-state index contributed by atoms with van der Waals surface area (Å²) >= 11 is 0. The second-order valence-corrected chi connectivity index (χ2v) is 5.92. The fourth-order valence-corrected chi connectivity index (χ4v) is 1.82. The Balaban J connectivity index is 3.90. The number of hydrogen-bond acceptors (Lipinski definition) is 3. The fourth-order valence-electron chi connectivity index (χ4n) is 1.09. The normalized spacial score (nSPS) is 15.1. The van der Waals surface area contributed by atoms with Gasteiger partial charge >= 0.3 is 0 Å². The highest BCUT2D eigenvalue weighted by Gasteiger charge is 2.13. The van der Waals surface area contributed by atoms with Gasteiger partial charge in [0.1, 0.15) is 9.84 Å². The van der Waals surface area contributed by atoms with Crippen LogP contribution in [-0.2, 0) is 9.84 Å². The Hall–Kier alpha value is -0.0900. The molecule has 2 N–H and O–H groups in total. The Morgan fingerprint density at radius 1 is 1.33 bits per heavy atom. The maximum atomic E-state index is 10.8. The molecule has 4 heteroatoms. The molecule has 0 fully saturated rings. The zero-order valence-corrected chi connectivity index (χ0v) is 8.89. The minimum Gasteiger partial charge on any atom is -0.330 e. The van der Waals surface area contributed by atoms with E-state index in [1.807, 2.05) is 0 Å². The van der Waals surface area contributed by atoms with E-state index >= 15 is 0 Å². The lowest BCUT2D eigenvalue weighted by molar-refractivity contribution is 0.383. The van der Waals surface area contributed by atoms with Crippen LogP contribution in [0, 0.1) is 11.8 Å². The topological polar surface area (TPSA) is 60.2 Å². The van der Waals surface area contributed by atoms with E-state index < -0.39 is 9.84 Å². The molecule has 12 heavy (non-hydrogen) atoms. The summed E-state index contributed by atoms with van der Waals surface area (Å²) in [4.78, 5) is 0. The number of hydrogen-bond donors (Lipinski definition) is 1. The second kappa shape index (κ2) is 4.82. The van der Waals surface area contributed by atoms with Gasteiger partial charge in [-0.15, -0.1) is 0 Å². The van der Waals surface area contributed by atoms with Crippen LogP contribution in [0.3, 0.4) is 0 Å². The molecule has 1 atom stereocenters. The molecule has 0 rings (SSSR count). The lowest BCUT2D eigenvalue weighted by Crippen LogP contribution is -2.22. The zero-order valence-electron chi connectivity index (χ0n) is 8.08. The molecule has 0 aromatic carbocycles. The van der Waals surface area contributed by atoms with Gasteiger partial charge in [-0.25, -0.2) is 8.42 Å². The summed E-state index contributed by atoms with van der Waals surface area (Å²) in [5.74, 6) is 1.06. The van der Waals surface area contributed by atoms with Crippen LogP contribution in [0.2, 0.25) is 0 Å². The van der Waals surface area contributed by atoms with E-state index in [1.54, 1.807) is 0 Å². The minimum absolute atomic E-state index is 0.257. The Morgan fingerprint density at radius 2 is 1.83 bits per heavy atom. The SMILES string of the molecule is CC(C)C(CN)CCS(C)(=O)=O. The molecule has 0 aromatic heterocycles. The Morgan fingerprint density at radius 3 is 2.08 bits per heavy atom. The maximum Gasteiger partial charge on any atom is 0.147 e. The third-order valence-electron chi connectivity index (χ3n) is 2.10. The molecule has 0 saturated heterocycles. The van der Waals surface area contributed by atoms with Crippen LogP contribution >= 0.6 is 0 Å². The van der Waals surface area contributed by atoms with Crippen LogP contribution in [0.15, 0.2) is 0 Å². The average molecular weight is 193 g/mol. The highest BCUT2D eigenvalue weighted by Crippen LogP contribution is 2.14. The molecule has 0 saturated carbocycles. The average Bonchev–Trinajstić information content (AvgIpc) is 1.85. The van der Waals surface area contributed by atoms with Gasteiger partial charge in [0.25, 0.3) is 0 Å². The lowest BCUT2D eigenvalue weighted by atomic mass is 9.94. The predicted octanol–water partition coefficient (Wildman–Crippen LogP) is 0.652. The first-order valence-electron chi connectivity index (χ1n) is 4.24. The molecule has 0 aromatic rings. The van der Waals surface area contributed by atoms with E-state index in [4.69, 9.17) is 5.73 Å². The van der Waals surface area contributed by atoms with E-state index in [-0.39, 0.29) is 5.75 Å². The molecule has 0 aliphatic heterocycles. The van der Waals surface area contributed by atoms with Crippen molar-refractivity contribution in [2.75, 3.05) is 18.6 Å². The van der Waals surface area contributed by atoms with E-state index in [9.17, 15) is 8.42 Å². The predicted molar refractivity (Wildman–Crippen MR) is 51.7 cm³/mol. The Labute approximate surface area is 75.3 Å². The third-order valence-corrected chi connectivity index (χ3v) is 3.08. The van der Waals surface area contributed by atoms with Crippen molar-refractivity contribution in [2.45, 2.75) is 20.3 Å². The van der Waals surface area contributed by atoms with Crippen molar-refractivity contribution < 1.29 is 8.42 Å². The molecular weight excluding hydrogens is 174 g/mol. The summed E-state index contributed by atoms with van der Waals surface area (Å²) in [7, 11) is -2.82. The smallest absolute Gasteiger partial charge is 0.147 e. The van der Waals surface area contributed by atoms with Gasteiger partial charge in [0.05, 0.1) is 5.75 Å². The van der Waals surface area contributed by atoms with Gasteiger partial charge in [-0.2, -0.15) is 0 Å². The largest absolute Gasteiger partial charge is 0.330 e. The van der Waals surface area contributed by atoms with Gasteiger partial charge in [0.2, 0.25) is 0 Å². The van der Waals surface area contributed by atoms with Crippen molar-refractivity contribution in [2.24, 2.45) is 17.6 Å². The molecule has 0 aliphatic rings. The van der Waals surface area contributed by atoms with Crippen LogP contribution in [0.1, 0.15) is 20.3 Å². The van der Waals surface area contributed by atoms with Crippen molar-refractivity contribution in [3.05, 3.63) is 0 Å². The molecule has 0 radical (unpaired) electrons. The number of rotatable bonds is 5. The van der Waals surface area contributed by atoms with Gasteiger partial charge in [-0.1, -0.05) is 13.8 Å². The van der Waals surface area contributed by atoms with Gasteiger partial charge in [0.15, 0.2) is 0 Å². The van der Waals surface area contributed by atoms with E-state index in [0.717, 1.165) is 0 Å². The number of sulfone groups is 1. The van der Waals surface area contributed by atoms with Gasteiger partial charge in [0, 0.05) is 6.26 Å². The maximum absolute atomic E-state index is 10.8. The molecule has 74 valence electrons. The van der Waals surface area contributed by atoms with Crippen molar-refractivity contribution >= 4 is 9.84 Å². The second-order valence-electron chi connectivity index (χ2n) is 3.66. The van der Waals surface area contributed by atoms with Crippen molar-refractivity contribution in [3.8, 4) is 0 Å². The summed E-state index contributed by atoms with van der Waals surface area (Å²) in [5, 5.41) is 0. The van der Waals surface area contributed by atoms with Crippen LogP contribution in [0.4, 0.5) is 0 Å². The first kappa shape index (κ1) is 11.9.